The van der Waals surface area contributed by atoms with Crippen LogP contribution in [0.4, 0.5) is 5.69 Å². The predicted octanol–water partition coefficient (Wildman–Crippen LogP) is 1.73. The molecule has 132 valence electrons. The number of rotatable bonds is 2. The lowest BCUT2D eigenvalue weighted by Crippen LogP contribution is -2.45. The van der Waals surface area contributed by atoms with Gasteiger partial charge in [0.1, 0.15) is 0 Å². The number of carbonyl (C=O) groups is 3. The Morgan fingerprint density at radius 2 is 1.72 bits per heavy atom. The fourth-order valence-electron chi connectivity index (χ4n) is 2.94. The van der Waals surface area contributed by atoms with Crippen molar-refractivity contribution in [2.45, 2.75) is 45.4 Å². The van der Waals surface area contributed by atoms with Crippen LogP contribution in [0.2, 0.25) is 0 Å². The van der Waals surface area contributed by atoms with E-state index in [1.165, 1.54) is 20.0 Å². The van der Waals surface area contributed by atoms with Crippen LogP contribution in [0.5, 0.6) is 0 Å². The Bertz CT molecular complexity index is 786. The van der Waals surface area contributed by atoms with Crippen LogP contribution in [0.15, 0.2) is 30.0 Å². The molecule has 1 saturated heterocycles. The van der Waals surface area contributed by atoms with Crippen molar-refractivity contribution >= 4 is 23.5 Å². The fourth-order valence-corrected chi connectivity index (χ4v) is 2.94. The molecule has 0 radical (unpaired) electrons. The van der Waals surface area contributed by atoms with E-state index in [9.17, 15) is 14.4 Å². The highest BCUT2D eigenvalue weighted by atomic mass is 16.7. The van der Waals surface area contributed by atoms with E-state index in [0.717, 1.165) is 11.1 Å². The largest absolute Gasteiger partial charge is 0.419 e. The van der Waals surface area contributed by atoms with E-state index in [1.54, 1.807) is 0 Å². The molecule has 1 amide bonds. The number of hydrogen-bond donors (Lipinski definition) is 2. The van der Waals surface area contributed by atoms with Gasteiger partial charge in [0, 0.05) is 32.3 Å². The molecule has 1 fully saturated rings. The molecule has 0 saturated carbocycles. The first-order valence-electron chi connectivity index (χ1n) is 7.96. The standard InChI is InChI=1S/C18H20N2O5/c1-17(2)12-6-5-7-13(10(12)8-20-16(17)23)19-9-11-14(21)24-18(3,4)25-15(11)22/h5-7,9,19H,8H2,1-4H3,(H,20,23). The molecule has 0 aromatic heterocycles. The van der Waals surface area contributed by atoms with Gasteiger partial charge in [-0.15, -0.1) is 0 Å². The van der Waals surface area contributed by atoms with E-state index in [4.69, 9.17) is 9.47 Å². The molecule has 7 nitrogen and oxygen atoms in total. The Morgan fingerprint density at radius 3 is 2.36 bits per heavy atom. The van der Waals surface area contributed by atoms with Gasteiger partial charge in [-0.25, -0.2) is 9.59 Å². The Balaban J connectivity index is 1.91. The second kappa shape index (κ2) is 5.61. The first-order valence-corrected chi connectivity index (χ1v) is 7.96. The Hall–Kier alpha value is -2.83. The summed E-state index contributed by atoms with van der Waals surface area (Å²) in [5, 5.41) is 5.82. The van der Waals surface area contributed by atoms with E-state index < -0.39 is 23.1 Å². The van der Waals surface area contributed by atoms with Crippen LogP contribution in [0.1, 0.15) is 38.8 Å². The third-order valence-corrected chi connectivity index (χ3v) is 4.33. The van der Waals surface area contributed by atoms with Crippen molar-refractivity contribution in [3.8, 4) is 0 Å². The molecular weight excluding hydrogens is 324 g/mol. The summed E-state index contributed by atoms with van der Waals surface area (Å²) >= 11 is 0. The van der Waals surface area contributed by atoms with Crippen molar-refractivity contribution in [2.24, 2.45) is 0 Å². The first-order chi connectivity index (χ1) is 11.6. The van der Waals surface area contributed by atoms with E-state index in [1.807, 2.05) is 32.0 Å². The van der Waals surface area contributed by atoms with Crippen LogP contribution in [0, 0.1) is 0 Å². The summed E-state index contributed by atoms with van der Waals surface area (Å²) in [4.78, 5) is 36.1. The predicted molar refractivity (Wildman–Crippen MR) is 89.3 cm³/mol. The van der Waals surface area contributed by atoms with Gasteiger partial charge in [-0.1, -0.05) is 12.1 Å². The number of fused-ring (bicyclic) bond motifs is 1. The Labute approximate surface area is 145 Å². The maximum atomic E-state index is 12.1. The topological polar surface area (TPSA) is 93.7 Å². The van der Waals surface area contributed by atoms with Gasteiger partial charge in [0.15, 0.2) is 5.57 Å². The Kier molecular flexibility index (Phi) is 3.82. The fraction of sp³-hybridized carbons (Fsp3) is 0.389. The highest BCUT2D eigenvalue weighted by Gasteiger charge is 2.39. The summed E-state index contributed by atoms with van der Waals surface area (Å²) < 4.78 is 10.1. The lowest BCUT2D eigenvalue weighted by atomic mass is 9.78. The lowest BCUT2D eigenvalue weighted by Gasteiger charge is -2.33. The smallest absolute Gasteiger partial charge is 0.350 e. The van der Waals surface area contributed by atoms with Crippen molar-refractivity contribution < 1.29 is 23.9 Å². The minimum Gasteiger partial charge on any atom is -0.419 e. The zero-order valence-electron chi connectivity index (χ0n) is 14.6. The molecule has 2 aliphatic heterocycles. The molecule has 0 aliphatic carbocycles. The summed E-state index contributed by atoms with van der Waals surface area (Å²) in [6.45, 7) is 7.05. The van der Waals surface area contributed by atoms with Crippen LogP contribution < -0.4 is 10.6 Å². The lowest BCUT2D eigenvalue weighted by molar-refractivity contribution is -0.222. The summed E-state index contributed by atoms with van der Waals surface area (Å²) in [6, 6.07) is 5.53. The van der Waals surface area contributed by atoms with Gasteiger partial charge in [0.25, 0.3) is 5.79 Å². The zero-order chi connectivity index (χ0) is 18.4. The third-order valence-electron chi connectivity index (χ3n) is 4.33. The van der Waals surface area contributed by atoms with E-state index in [0.29, 0.717) is 12.2 Å². The summed E-state index contributed by atoms with van der Waals surface area (Å²) in [5.74, 6) is -2.80. The van der Waals surface area contributed by atoms with Crippen LogP contribution in [-0.2, 0) is 35.8 Å². The molecule has 0 bridgehead atoms. The van der Waals surface area contributed by atoms with Gasteiger partial charge in [-0.05, 0) is 31.0 Å². The molecule has 2 aliphatic rings. The van der Waals surface area contributed by atoms with Crippen molar-refractivity contribution in [1.82, 2.24) is 5.32 Å². The highest BCUT2D eigenvalue weighted by molar-refractivity contribution is 6.15. The monoisotopic (exact) mass is 344 g/mol. The number of anilines is 1. The second-order valence-corrected chi connectivity index (χ2v) is 7.02. The highest BCUT2D eigenvalue weighted by Crippen LogP contribution is 2.34. The SMILES string of the molecule is CC1(C)OC(=O)C(=CNc2cccc3c2CNC(=O)C3(C)C)C(=O)O1. The molecule has 2 N–H and O–H groups in total. The summed E-state index contributed by atoms with van der Waals surface area (Å²) in [5.41, 5.74) is 1.63. The third kappa shape index (κ3) is 2.97. The van der Waals surface area contributed by atoms with Gasteiger partial charge in [-0.3, -0.25) is 4.79 Å². The van der Waals surface area contributed by atoms with E-state index >= 15 is 0 Å². The quantitative estimate of drug-likeness (QED) is 0.482. The minimum atomic E-state index is -1.27. The molecule has 7 heteroatoms. The van der Waals surface area contributed by atoms with Crippen LogP contribution >= 0.6 is 0 Å². The number of benzene rings is 1. The maximum absolute atomic E-state index is 12.1. The molecule has 0 atom stereocenters. The molecule has 3 rings (SSSR count). The van der Waals surface area contributed by atoms with Gasteiger partial charge < -0.3 is 20.1 Å². The van der Waals surface area contributed by atoms with Gasteiger partial charge in [-0.2, -0.15) is 0 Å². The number of ether oxygens (including phenoxy) is 2. The van der Waals surface area contributed by atoms with Crippen LogP contribution in [0.25, 0.3) is 0 Å². The molecule has 1 aromatic carbocycles. The number of cyclic esters (lactones) is 2. The number of amides is 1. The average molecular weight is 344 g/mol. The van der Waals surface area contributed by atoms with Crippen LogP contribution in [-0.4, -0.2) is 23.6 Å². The average Bonchev–Trinajstić information content (AvgIpc) is 2.49. The van der Waals surface area contributed by atoms with Crippen molar-refractivity contribution in [3.05, 3.63) is 41.1 Å². The van der Waals surface area contributed by atoms with E-state index in [2.05, 4.69) is 10.6 Å². The van der Waals surface area contributed by atoms with Gasteiger partial charge in [0.2, 0.25) is 5.91 Å². The normalized spacial score (nSPS) is 20.8. The first kappa shape index (κ1) is 17.0. The van der Waals surface area contributed by atoms with Crippen molar-refractivity contribution in [3.63, 3.8) is 0 Å². The van der Waals surface area contributed by atoms with Crippen molar-refractivity contribution in [1.29, 1.82) is 0 Å². The maximum Gasteiger partial charge on any atom is 0.350 e. The minimum absolute atomic E-state index is 0.0443. The number of carbonyl (C=O) groups excluding carboxylic acids is 3. The molecule has 0 unspecified atom stereocenters. The van der Waals surface area contributed by atoms with Crippen molar-refractivity contribution in [2.75, 3.05) is 5.32 Å². The molecule has 0 spiro atoms. The molecular formula is C18H20N2O5. The molecule has 1 aromatic rings. The second-order valence-electron chi connectivity index (χ2n) is 7.02. The number of hydrogen-bond acceptors (Lipinski definition) is 6. The summed E-state index contributed by atoms with van der Waals surface area (Å²) in [6.07, 6.45) is 1.28. The molecule has 25 heavy (non-hydrogen) atoms. The number of nitrogens with one attached hydrogen (secondary N) is 2. The van der Waals surface area contributed by atoms with Gasteiger partial charge in [0.05, 0.1) is 5.41 Å². The summed E-state index contributed by atoms with van der Waals surface area (Å²) in [7, 11) is 0. The number of esters is 2. The zero-order valence-corrected chi connectivity index (χ0v) is 14.6. The Morgan fingerprint density at radius 1 is 1.08 bits per heavy atom. The molecule has 2 heterocycles. The van der Waals surface area contributed by atoms with Crippen LogP contribution in [0.3, 0.4) is 0 Å². The van der Waals surface area contributed by atoms with E-state index in [-0.39, 0.29) is 11.5 Å². The van der Waals surface area contributed by atoms with Gasteiger partial charge >= 0.3 is 11.9 Å².